The molecular formula is C15H19ClN4OS. The number of halogens is 1. The van der Waals surface area contributed by atoms with Crippen LogP contribution in [-0.4, -0.2) is 47.6 Å². The van der Waals surface area contributed by atoms with Crippen molar-refractivity contribution in [2.75, 3.05) is 30.0 Å². The van der Waals surface area contributed by atoms with E-state index in [0.29, 0.717) is 5.56 Å². The molecule has 2 aliphatic heterocycles. The van der Waals surface area contributed by atoms with Crippen LogP contribution in [0.5, 0.6) is 0 Å². The fraction of sp³-hybridized carbons (Fsp3) is 0.467. The maximum Gasteiger partial charge on any atom is 0.240 e. The molecule has 1 aromatic carbocycles. The van der Waals surface area contributed by atoms with E-state index in [4.69, 9.17) is 5.26 Å². The van der Waals surface area contributed by atoms with E-state index in [9.17, 15) is 4.79 Å². The van der Waals surface area contributed by atoms with E-state index in [-0.39, 0.29) is 30.4 Å². The molecule has 22 heavy (non-hydrogen) atoms. The summed E-state index contributed by atoms with van der Waals surface area (Å²) >= 11 is 1.80. The van der Waals surface area contributed by atoms with Gasteiger partial charge in [-0.2, -0.15) is 5.26 Å². The highest BCUT2D eigenvalue weighted by molar-refractivity contribution is 7.99. The monoisotopic (exact) mass is 338 g/mol. The summed E-state index contributed by atoms with van der Waals surface area (Å²) in [5, 5.41) is 15.8. The number of nitriles is 1. The van der Waals surface area contributed by atoms with Gasteiger partial charge in [-0.1, -0.05) is 12.1 Å². The van der Waals surface area contributed by atoms with Crippen LogP contribution in [0.2, 0.25) is 0 Å². The topological polar surface area (TPSA) is 68.2 Å². The van der Waals surface area contributed by atoms with Crippen molar-refractivity contribution in [2.24, 2.45) is 0 Å². The average Bonchev–Trinajstić information content (AvgIpc) is 3.19. The van der Waals surface area contributed by atoms with Crippen molar-refractivity contribution in [3.8, 4) is 6.07 Å². The Morgan fingerprint density at radius 1 is 1.45 bits per heavy atom. The first-order valence-corrected chi connectivity index (χ1v) is 8.29. The van der Waals surface area contributed by atoms with Gasteiger partial charge >= 0.3 is 0 Å². The predicted octanol–water partition coefficient (Wildman–Crippen LogP) is 1.66. The number of hydrogen-bond donors (Lipinski definition) is 2. The summed E-state index contributed by atoms with van der Waals surface area (Å²) in [4.78, 5) is 14.3. The Hall–Kier alpha value is -1.42. The molecule has 2 N–H and O–H groups in total. The van der Waals surface area contributed by atoms with Gasteiger partial charge in [-0.25, -0.2) is 0 Å². The van der Waals surface area contributed by atoms with Crippen molar-refractivity contribution in [3.05, 3.63) is 29.8 Å². The number of carbonyl (C=O) groups is 1. The van der Waals surface area contributed by atoms with Gasteiger partial charge in [0.15, 0.2) is 0 Å². The summed E-state index contributed by atoms with van der Waals surface area (Å²) in [6, 6.07) is 9.75. The van der Waals surface area contributed by atoms with Gasteiger partial charge in [0.2, 0.25) is 5.91 Å². The van der Waals surface area contributed by atoms with Crippen molar-refractivity contribution in [1.29, 1.82) is 5.26 Å². The smallest absolute Gasteiger partial charge is 0.240 e. The van der Waals surface area contributed by atoms with Crippen LogP contribution in [-0.2, 0) is 4.79 Å². The van der Waals surface area contributed by atoms with Gasteiger partial charge in [-0.05, 0) is 18.6 Å². The number of rotatable bonds is 3. The van der Waals surface area contributed by atoms with Gasteiger partial charge in [0, 0.05) is 24.9 Å². The van der Waals surface area contributed by atoms with Crippen LogP contribution in [0.15, 0.2) is 24.3 Å². The quantitative estimate of drug-likeness (QED) is 0.877. The Balaban J connectivity index is 0.00000176. The molecule has 3 rings (SSSR count). The predicted molar refractivity (Wildman–Crippen MR) is 91.3 cm³/mol. The third-order valence-electron chi connectivity index (χ3n) is 3.90. The zero-order valence-electron chi connectivity index (χ0n) is 12.1. The molecular weight excluding hydrogens is 320 g/mol. The van der Waals surface area contributed by atoms with Crippen molar-refractivity contribution in [3.63, 3.8) is 0 Å². The van der Waals surface area contributed by atoms with E-state index in [1.165, 1.54) is 0 Å². The maximum atomic E-state index is 12.3. The van der Waals surface area contributed by atoms with E-state index in [0.717, 1.165) is 36.8 Å². The summed E-state index contributed by atoms with van der Waals surface area (Å²) < 4.78 is 0. The van der Waals surface area contributed by atoms with Crippen LogP contribution in [0.25, 0.3) is 0 Å². The van der Waals surface area contributed by atoms with E-state index < -0.39 is 0 Å². The summed E-state index contributed by atoms with van der Waals surface area (Å²) in [7, 11) is 0. The second-order valence-corrected chi connectivity index (χ2v) is 6.41. The number of benzene rings is 1. The first-order chi connectivity index (χ1) is 10.3. The third-order valence-corrected chi connectivity index (χ3v) is 4.87. The first-order valence-electron chi connectivity index (χ1n) is 7.13. The highest BCUT2D eigenvalue weighted by atomic mass is 35.5. The lowest BCUT2D eigenvalue weighted by Crippen LogP contribution is -2.42. The fourth-order valence-electron chi connectivity index (χ4n) is 2.77. The molecule has 0 spiro atoms. The standard InChI is InChI=1S/C15H18N4OS.ClH/c16-8-11-3-1-2-4-13(11)18-12-7-14(17-9-12)15(20)19-5-6-21-10-19;/h1-4,12,14,17-18H,5-7,9-10H2;1H/t12-,14-;/m0./s1. The minimum atomic E-state index is -0.101. The minimum absolute atomic E-state index is 0. The van der Waals surface area contributed by atoms with Gasteiger partial charge in [0.25, 0.3) is 0 Å². The molecule has 0 aromatic heterocycles. The molecule has 1 amide bonds. The Morgan fingerprint density at radius 3 is 3.00 bits per heavy atom. The second-order valence-electron chi connectivity index (χ2n) is 5.33. The number of anilines is 1. The zero-order valence-corrected chi connectivity index (χ0v) is 13.8. The Labute approximate surface area is 140 Å². The van der Waals surface area contributed by atoms with Crippen LogP contribution < -0.4 is 10.6 Å². The molecule has 0 bridgehead atoms. The summed E-state index contributed by atoms with van der Waals surface area (Å²) in [5.41, 5.74) is 1.49. The van der Waals surface area contributed by atoms with E-state index >= 15 is 0 Å². The molecule has 1 aromatic rings. The summed E-state index contributed by atoms with van der Waals surface area (Å²) in [5.74, 6) is 2.06. The van der Waals surface area contributed by atoms with Crippen molar-refractivity contribution >= 4 is 35.8 Å². The summed E-state index contributed by atoms with van der Waals surface area (Å²) in [6.45, 7) is 1.61. The average molecular weight is 339 g/mol. The highest BCUT2D eigenvalue weighted by Gasteiger charge is 2.33. The number of para-hydroxylation sites is 1. The van der Waals surface area contributed by atoms with Crippen LogP contribution in [0.3, 0.4) is 0 Å². The van der Waals surface area contributed by atoms with Crippen LogP contribution >= 0.6 is 24.2 Å². The number of carbonyl (C=O) groups excluding carboxylic acids is 1. The molecule has 7 heteroatoms. The van der Waals surface area contributed by atoms with Crippen molar-refractivity contribution < 1.29 is 4.79 Å². The van der Waals surface area contributed by atoms with Gasteiger partial charge in [-0.3, -0.25) is 4.79 Å². The van der Waals surface area contributed by atoms with E-state index in [1.807, 2.05) is 23.1 Å². The molecule has 2 saturated heterocycles. The van der Waals surface area contributed by atoms with E-state index in [2.05, 4.69) is 16.7 Å². The lowest BCUT2D eigenvalue weighted by molar-refractivity contribution is -0.131. The molecule has 5 nitrogen and oxygen atoms in total. The van der Waals surface area contributed by atoms with Gasteiger partial charge in [0.05, 0.1) is 23.2 Å². The number of amides is 1. The molecule has 118 valence electrons. The van der Waals surface area contributed by atoms with Crippen LogP contribution in [0, 0.1) is 11.3 Å². The molecule has 0 unspecified atom stereocenters. The SMILES string of the molecule is Cl.N#Cc1ccccc1N[C@@H]1CN[C@H](C(=O)N2CCSC2)C1. The molecule has 2 aliphatic rings. The normalized spacial score (nSPS) is 23.7. The largest absolute Gasteiger partial charge is 0.380 e. The molecule has 0 aliphatic carbocycles. The second kappa shape index (κ2) is 7.73. The Morgan fingerprint density at radius 2 is 2.27 bits per heavy atom. The van der Waals surface area contributed by atoms with Gasteiger partial charge in [-0.15, -0.1) is 24.2 Å². The van der Waals surface area contributed by atoms with Gasteiger partial charge < -0.3 is 15.5 Å². The fourth-order valence-corrected chi connectivity index (χ4v) is 3.72. The lowest BCUT2D eigenvalue weighted by Gasteiger charge is -2.19. The van der Waals surface area contributed by atoms with Gasteiger partial charge in [0.1, 0.15) is 6.07 Å². The van der Waals surface area contributed by atoms with Crippen molar-refractivity contribution in [2.45, 2.75) is 18.5 Å². The van der Waals surface area contributed by atoms with Crippen LogP contribution in [0.1, 0.15) is 12.0 Å². The molecule has 0 saturated carbocycles. The lowest BCUT2D eigenvalue weighted by atomic mass is 10.1. The zero-order chi connectivity index (χ0) is 14.7. The molecule has 2 heterocycles. The molecule has 0 radical (unpaired) electrons. The van der Waals surface area contributed by atoms with Crippen molar-refractivity contribution in [1.82, 2.24) is 10.2 Å². The molecule has 2 atom stereocenters. The summed E-state index contributed by atoms with van der Waals surface area (Å²) in [6.07, 6.45) is 0.764. The third kappa shape index (κ3) is 3.67. The minimum Gasteiger partial charge on any atom is -0.380 e. The number of thioether (sulfide) groups is 1. The molecule has 2 fully saturated rings. The highest BCUT2D eigenvalue weighted by Crippen LogP contribution is 2.21. The number of nitrogens with one attached hydrogen (secondary N) is 2. The maximum absolute atomic E-state index is 12.3. The Bertz CT molecular complexity index is 571. The number of nitrogens with zero attached hydrogens (tertiary/aromatic N) is 2. The number of hydrogen-bond acceptors (Lipinski definition) is 5. The van der Waals surface area contributed by atoms with Crippen LogP contribution in [0.4, 0.5) is 5.69 Å². The Kier molecular flexibility index (Phi) is 5.95. The first kappa shape index (κ1) is 16.9. The van der Waals surface area contributed by atoms with E-state index in [1.54, 1.807) is 17.8 Å².